The largest absolute Gasteiger partial charge is 0.478 e. The first-order valence-corrected chi connectivity index (χ1v) is 11.3. The molecule has 0 radical (unpaired) electrons. The molecule has 0 fully saturated rings. The molecule has 1 aromatic carbocycles. The third kappa shape index (κ3) is 5.86. The Hall–Kier alpha value is -3.83. The normalized spacial score (nSPS) is 13.2. The van der Waals surface area contributed by atoms with Crippen molar-refractivity contribution in [1.29, 1.82) is 0 Å². The summed E-state index contributed by atoms with van der Waals surface area (Å²) in [5.74, 6) is -0.393. The highest BCUT2D eigenvalue weighted by Gasteiger charge is 2.43. The Morgan fingerprint density at radius 1 is 1.25 bits per heavy atom. The zero-order valence-corrected chi connectivity index (χ0v) is 20.7. The van der Waals surface area contributed by atoms with Crippen LogP contribution in [0, 0.1) is 0 Å². The van der Waals surface area contributed by atoms with Crippen molar-refractivity contribution in [1.82, 2.24) is 29.5 Å². The van der Waals surface area contributed by atoms with Crippen molar-refractivity contribution in [3.05, 3.63) is 48.4 Å². The highest BCUT2D eigenvalue weighted by molar-refractivity contribution is 5.79. The maximum Gasteiger partial charge on any atom is 0.409 e. The number of imidazole rings is 1. The van der Waals surface area contributed by atoms with Crippen molar-refractivity contribution in [2.75, 3.05) is 27.7 Å². The number of nitrogens with one attached hydrogen (secondary N) is 1. The molecule has 2 atom stereocenters. The summed E-state index contributed by atoms with van der Waals surface area (Å²) in [6.45, 7) is 3.55. The Morgan fingerprint density at radius 2 is 1.97 bits per heavy atom. The van der Waals surface area contributed by atoms with E-state index in [2.05, 4.69) is 9.97 Å². The van der Waals surface area contributed by atoms with Crippen molar-refractivity contribution in [2.24, 2.45) is 0 Å². The van der Waals surface area contributed by atoms with E-state index in [1.807, 2.05) is 17.4 Å². The van der Waals surface area contributed by atoms with Gasteiger partial charge < -0.3 is 24.3 Å². The lowest BCUT2D eigenvalue weighted by molar-refractivity contribution is -0.162. The van der Waals surface area contributed by atoms with Gasteiger partial charge in [-0.1, -0.05) is 18.2 Å². The van der Waals surface area contributed by atoms with Crippen LogP contribution in [0.15, 0.2) is 42.9 Å². The quantitative estimate of drug-likeness (QED) is 0.500. The van der Waals surface area contributed by atoms with E-state index in [4.69, 9.17) is 4.74 Å². The minimum absolute atomic E-state index is 0.149. The predicted molar refractivity (Wildman–Crippen MR) is 127 cm³/mol. The SMILES string of the molecule is CCN(C(=O)NC(CC(=O)N(C)C)C(F)(F)F)[C@H](C)c1cccc(-c2cn3ccnc3c(OC)n2)c1. The number of methoxy groups -OCH3 is 1. The lowest BCUT2D eigenvalue weighted by Gasteiger charge is -2.31. The molecule has 2 heterocycles. The average molecular weight is 507 g/mol. The van der Waals surface area contributed by atoms with Gasteiger partial charge in [0, 0.05) is 44.8 Å². The number of carbonyl (C=O) groups excluding carboxylic acids is 2. The molecule has 1 unspecified atom stereocenters. The van der Waals surface area contributed by atoms with Crippen molar-refractivity contribution in [3.63, 3.8) is 0 Å². The lowest BCUT2D eigenvalue weighted by Crippen LogP contribution is -2.52. The number of ether oxygens (including phenoxy) is 1. The lowest BCUT2D eigenvalue weighted by atomic mass is 10.0. The molecule has 12 heteroatoms. The van der Waals surface area contributed by atoms with Crippen LogP contribution in [-0.4, -0.2) is 76.1 Å². The van der Waals surface area contributed by atoms with E-state index in [1.165, 1.54) is 26.1 Å². The van der Waals surface area contributed by atoms with Crippen molar-refractivity contribution >= 4 is 17.6 Å². The topological polar surface area (TPSA) is 92.1 Å². The molecule has 3 aromatic rings. The number of nitrogens with zero attached hydrogens (tertiary/aromatic N) is 5. The van der Waals surface area contributed by atoms with Crippen molar-refractivity contribution in [3.8, 4) is 17.1 Å². The number of alkyl halides is 3. The fourth-order valence-electron chi connectivity index (χ4n) is 3.75. The fraction of sp³-hybridized carbons (Fsp3) is 0.417. The first-order valence-electron chi connectivity index (χ1n) is 11.3. The third-order valence-electron chi connectivity index (χ3n) is 5.84. The third-order valence-corrected chi connectivity index (χ3v) is 5.84. The molecule has 0 saturated heterocycles. The summed E-state index contributed by atoms with van der Waals surface area (Å²) in [4.78, 5) is 35.9. The Balaban J connectivity index is 1.85. The summed E-state index contributed by atoms with van der Waals surface area (Å²) in [6.07, 6.45) is -0.486. The number of carbonyl (C=O) groups is 2. The van der Waals surface area contributed by atoms with Crippen LogP contribution in [0.1, 0.15) is 31.9 Å². The minimum atomic E-state index is -4.78. The fourth-order valence-corrected chi connectivity index (χ4v) is 3.75. The molecule has 3 rings (SSSR count). The number of aromatic nitrogens is 3. The molecule has 0 spiro atoms. The first-order chi connectivity index (χ1) is 17.0. The summed E-state index contributed by atoms with van der Waals surface area (Å²) in [5.41, 5.74) is 2.59. The van der Waals surface area contributed by atoms with Gasteiger partial charge in [0.15, 0.2) is 5.65 Å². The standard InChI is InChI=1S/C24H29F3N6O3/c1-6-33(23(35)30-19(24(25,26)27)13-20(34)31(3)4)15(2)16-8-7-9-17(12-16)18-14-32-11-10-28-21(32)22(29-18)36-5/h7-12,14-15,19H,6,13H2,1-5H3,(H,30,35)/t15-,19?/m1/s1. The van der Waals surface area contributed by atoms with Gasteiger partial charge in [0.1, 0.15) is 6.04 Å². The van der Waals surface area contributed by atoms with Gasteiger partial charge >= 0.3 is 12.2 Å². The van der Waals surface area contributed by atoms with Gasteiger partial charge in [-0.3, -0.25) is 4.79 Å². The molecule has 0 aliphatic carbocycles. The van der Waals surface area contributed by atoms with E-state index in [1.54, 1.807) is 49.0 Å². The Morgan fingerprint density at radius 3 is 2.58 bits per heavy atom. The molecule has 0 saturated carbocycles. The molecular formula is C24H29F3N6O3. The number of halogens is 3. The second kappa shape index (κ2) is 10.8. The number of hydrogen-bond acceptors (Lipinski definition) is 5. The van der Waals surface area contributed by atoms with Crippen molar-refractivity contribution < 1.29 is 27.5 Å². The zero-order valence-electron chi connectivity index (χ0n) is 20.7. The zero-order chi connectivity index (χ0) is 26.6. The van der Waals surface area contributed by atoms with Crippen LogP contribution in [0.3, 0.4) is 0 Å². The molecule has 9 nitrogen and oxygen atoms in total. The summed E-state index contributed by atoms with van der Waals surface area (Å²) in [6, 6.07) is 3.45. The van der Waals surface area contributed by atoms with E-state index in [0.29, 0.717) is 22.8 Å². The van der Waals surface area contributed by atoms with Gasteiger partial charge in [0.25, 0.3) is 5.88 Å². The van der Waals surface area contributed by atoms with Crippen molar-refractivity contribution in [2.45, 2.75) is 38.5 Å². The highest BCUT2D eigenvalue weighted by Crippen LogP contribution is 2.29. The summed E-state index contributed by atoms with van der Waals surface area (Å²) in [7, 11) is 4.22. The van der Waals surface area contributed by atoms with Crippen LogP contribution in [0.25, 0.3) is 16.9 Å². The Labute approximate surface area is 206 Å². The van der Waals surface area contributed by atoms with E-state index in [0.717, 1.165) is 10.5 Å². The van der Waals surface area contributed by atoms with Crippen LogP contribution in [0.4, 0.5) is 18.0 Å². The van der Waals surface area contributed by atoms with E-state index < -0.39 is 36.6 Å². The number of amides is 3. The number of urea groups is 1. The summed E-state index contributed by atoms with van der Waals surface area (Å²) >= 11 is 0. The van der Waals surface area contributed by atoms with Gasteiger partial charge in [-0.15, -0.1) is 0 Å². The molecule has 194 valence electrons. The summed E-state index contributed by atoms with van der Waals surface area (Å²) < 4.78 is 47.8. The van der Waals surface area contributed by atoms with Crippen LogP contribution in [0.2, 0.25) is 0 Å². The second-order valence-corrected chi connectivity index (χ2v) is 8.42. The Kier molecular flexibility index (Phi) is 8.06. The Bertz CT molecular complexity index is 1230. The predicted octanol–water partition coefficient (Wildman–Crippen LogP) is 3.91. The number of rotatable bonds is 8. The molecule has 2 aromatic heterocycles. The maximum absolute atomic E-state index is 13.6. The second-order valence-electron chi connectivity index (χ2n) is 8.42. The number of benzene rings is 1. The van der Waals surface area contributed by atoms with Crippen LogP contribution in [0.5, 0.6) is 5.88 Å². The maximum atomic E-state index is 13.6. The average Bonchev–Trinajstić information content (AvgIpc) is 3.31. The molecular weight excluding hydrogens is 477 g/mol. The first kappa shape index (κ1) is 26.8. The number of hydrogen-bond donors (Lipinski definition) is 1. The highest BCUT2D eigenvalue weighted by atomic mass is 19.4. The van der Waals surface area contributed by atoms with Crippen LogP contribution < -0.4 is 10.1 Å². The van der Waals surface area contributed by atoms with Crippen LogP contribution in [-0.2, 0) is 4.79 Å². The molecule has 3 amide bonds. The molecule has 0 aliphatic rings. The molecule has 1 N–H and O–H groups in total. The monoisotopic (exact) mass is 506 g/mol. The van der Waals surface area contributed by atoms with E-state index in [-0.39, 0.29) is 6.54 Å². The minimum Gasteiger partial charge on any atom is -0.478 e. The van der Waals surface area contributed by atoms with Crippen LogP contribution >= 0.6 is 0 Å². The van der Waals surface area contributed by atoms with Gasteiger partial charge in [-0.05, 0) is 25.5 Å². The molecule has 0 bridgehead atoms. The van der Waals surface area contributed by atoms with Gasteiger partial charge in [-0.2, -0.15) is 13.2 Å². The van der Waals surface area contributed by atoms with Gasteiger partial charge in [-0.25, -0.2) is 14.8 Å². The van der Waals surface area contributed by atoms with Gasteiger partial charge in [0.05, 0.1) is 25.3 Å². The molecule has 0 aliphatic heterocycles. The van der Waals surface area contributed by atoms with E-state index in [9.17, 15) is 22.8 Å². The van der Waals surface area contributed by atoms with Gasteiger partial charge in [0.2, 0.25) is 5.91 Å². The smallest absolute Gasteiger partial charge is 0.409 e. The molecule has 36 heavy (non-hydrogen) atoms. The summed E-state index contributed by atoms with van der Waals surface area (Å²) in [5, 5.41) is 2.00. The number of fused-ring (bicyclic) bond motifs is 1. The van der Waals surface area contributed by atoms with E-state index >= 15 is 0 Å².